The monoisotopic (exact) mass is 379 g/mol. The minimum absolute atomic E-state index is 0.0385. The average molecular weight is 380 g/mol. The van der Waals surface area contributed by atoms with Crippen LogP contribution in [-0.4, -0.2) is 38.6 Å². The second kappa shape index (κ2) is 11.0. The first-order chi connectivity index (χ1) is 12.6. The van der Waals surface area contributed by atoms with Gasteiger partial charge < -0.3 is 24.6 Å². The lowest BCUT2D eigenvalue weighted by molar-refractivity contribution is 0.0938. The minimum atomic E-state index is 0.0385. The Kier molecular flexibility index (Phi) is 8.71. The van der Waals surface area contributed by atoms with Gasteiger partial charge in [0.1, 0.15) is 6.61 Å². The summed E-state index contributed by atoms with van der Waals surface area (Å²) in [4.78, 5) is 0. The molecule has 0 radical (unpaired) electrons. The van der Waals surface area contributed by atoms with Crippen molar-refractivity contribution in [2.45, 2.75) is 20.1 Å². The summed E-state index contributed by atoms with van der Waals surface area (Å²) in [5.74, 6) is 1.16. The summed E-state index contributed by atoms with van der Waals surface area (Å²) >= 11 is 6.40. The van der Waals surface area contributed by atoms with Crippen molar-refractivity contribution in [3.63, 3.8) is 0 Å². The molecule has 2 N–H and O–H groups in total. The summed E-state index contributed by atoms with van der Waals surface area (Å²) in [7, 11) is 1.60. The fraction of sp³-hybridized carbons (Fsp3) is 0.400. The van der Waals surface area contributed by atoms with Crippen LogP contribution in [0, 0.1) is 6.92 Å². The number of nitrogens with one attached hydrogen (secondary N) is 1. The van der Waals surface area contributed by atoms with E-state index in [0.717, 1.165) is 11.1 Å². The number of aliphatic hydroxyl groups is 1. The predicted octanol–water partition coefficient (Wildman–Crippen LogP) is 3.33. The van der Waals surface area contributed by atoms with Crippen molar-refractivity contribution in [3.8, 4) is 11.5 Å². The molecule has 0 unspecified atom stereocenters. The quantitative estimate of drug-likeness (QED) is 0.586. The van der Waals surface area contributed by atoms with E-state index in [0.29, 0.717) is 49.4 Å². The maximum absolute atomic E-state index is 8.66. The molecule has 2 aromatic carbocycles. The first-order valence-corrected chi connectivity index (χ1v) is 8.96. The molecular weight excluding hydrogens is 354 g/mol. The number of halogens is 1. The lowest BCUT2D eigenvalue weighted by atomic mass is 10.1. The summed E-state index contributed by atoms with van der Waals surface area (Å²) in [5.41, 5.74) is 3.28. The van der Waals surface area contributed by atoms with Crippen LogP contribution < -0.4 is 14.8 Å². The van der Waals surface area contributed by atoms with Crippen LogP contribution in [0.2, 0.25) is 5.02 Å². The second-order valence-electron chi connectivity index (χ2n) is 5.90. The molecule has 0 saturated carbocycles. The molecular formula is C20H26ClNO4. The van der Waals surface area contributed by atoms with E-state index in [1.54, 1.807) is 7.11 Å². The fourth-order valence-electron chi connectivity index (χ4n) is 2.40. The van der Waals surface area contributed by atoms with Crippen LogP contribution in [0.5, 0.6) is 11.5 Å². The van der Waals surface area contributed by atoms with E-state index in [-0.39, 0.29) is 6.61 Å². The van der Waals surface area contributed by atoms with Crippen LogP contribution in [0.3, 0.4) is 0 Å². The van der Waals surface area contributed by atoms with Gasteiger partial charge in [-0.05, 0) is 30.2 Å². The zero-order valence-electron chi connectivity index (χ0n) is 15.3. The van der Waals surface area contributed by atoms with Crippen molar-refractivity contribution in [3.05, 3.63) is 58.1 Å². The van der Waals surface area contributed by atoms with E-state index >= 15 is 0 Å². The number of aliphatic hydroxyl groups excluding tert-OH is 1. The molecule has 6 heteroatoms. The number of hydrogen-bond acceptors (Lipinski definition) is 5. The van der Waals surface area contributed by atoms with Crippen LogP contribution in [0.4, 0.5) is 0 Å². The average Bonchev–Trinajstić information content (AvgIpc) is 2.64. The highest BCUT2D eigenvalue weighted by molar-refractivity contribution is 6.32. The first kappa shape index (κ1) is 20.5. The molecule has 142 valence electrons. The van der Waals surface area contributed by atoms with Gasteiger partial charge in [-0.1, -0.05) is 41.4 Å². The normalized spacial score (nSPS) is 10.8. The zero-order valence-corrected chi connectivity index (χ0v) is 16.0. The third-order valence-electron chi connectivity index (χ3n) is 3.78. The van der Waals surface area contributed by atoms with Gasteiger partial charge in [-0.25, -0.2) is 0 Å². The highest BCUT2D eigenvalue weighted by Crippen LogP contribution is 2.37. The minimum Gasteiger partial charge on any atom is -0.493 e. The number of hydrogen-bond donors (Lipinski definition) is 2. The maximum atomic E-state index is 8.66. The Balaban J connectivity index is 1.94. The summed E-state index contributed by atoms with van der Waals surface area (Å²) in [6.07, 6.45) is 0. The Morgan fingerprint density at radius 1 is 1.08 bits per heavy atom. The molecule has 5 nitrogen and oxygen atoms in total. The van der Waals surface area contributed by atoms with Gasteiger partial charge >= 0.3 is 0 Å². The van der Waals surface area contributed by atoms with Crippen LogP contribution in [-0.2, 0) is 17.9 Å². The van der Waals surface area contributed by atoms with Crippen molar-refractivity contribution in [1.82, 2.24) is 5.32 Å². The van der Waals surface area contributed by atoms with Gasteiger partial charge in [0.05, 0.1) is 32.0 Å². The summed E-state index contributed by atoms with van der Waals surface area (Å²) in [5, 5.41) is 12.4. The molecule has 0 aliphatic carbocycles. The highest BCUT2D eigenvalue weighted by Gasteiger charge is 2.12. The van der Waals surface area contributed by atoms with Gasteiger partial charge in [0.2, 0.25) is 0 Å². The van der Waals surface area contributed by atoms with Crippen LogP contribution in [0.25, 0.3) is 0 Å². The number of methoxy groups -OCH3 is 1. The van der Waals surface area contributed by atoms with Gasteiger partial charge in [-0.15, -0.1) is 0 Å². The second-order valence-corrected chi connectivity index (χ2v) is 6.30. The molecule has 0 aromatic heterocycles. The van der Waals surface area contributed by atoms with Gasteiger partial charge in [0.15, 0.2) is 11.5 Å². The summed E-state index contributed by atoms with van der Waals surface area (Å²) in [6.45, 7) is 4.74. The fourth-order valence-corrected chi connectivity index (χ4v) is 2.69. The molecule has 0 bridgehead atoms. The predicted molar refractivity (Wildman–Crippen MR) is 103 cm³/mol. The maximum Gasteiger partial charge on any atom is 0.180 e. The standard InChI is InChI=1S/C20H26ClNO4/c1-15-3-5-16(6-4-15)14-26-20-18(21)11-17(12-19(20)24-2)13-22-7-9-25-10-8-23/h3-6,11-12,22-23H,7-10,13-14H2,1-2H3. The van der Waals surface area contributed by atoms with E-state index in [4.69, 9.17) is 30.9 Å². The van der Waals surface area contributed by atoms with E-state index in [1.807, 2.05) is 24.3 Å². The topological polar surface area (TPSA) is 60.0 Å². The van der Waals surface area contributed by atoms with Gasteiger partial charge in [-0.3, -0.25) is 0 Å². The largest absolute Gasteiger partial charge is 0.493 e. The van der Waals surface area contributed by atoms with E-state index in [1.165, 1.54) is 5.56 Å². The van der Waals surface area contributed by atoms with E-state index in [2.05, 4.69) is 24.4 Å². The Morgan fingerprint density at radius 3 is 2.54 bits per heavy atom. The third-order valence-corrected chi connectivity index (χ3v) is 4.06. The number of ether oxygens (including phenoxy) is 3. The van der Waals surface area contributed by atoms with Crippen molar-refractivity contribution in [2.75, 3.05) is 33.5 Å². The first-order valence-electron chi connectivity index (χ1n) is 8.58. The molecule has 0 spiro atoms. The molecule has 0 amide bonds. The lowest BCUT2D eigenvalue weighted by Crippen LogP contribution is -2.20. The molecule has 2 aromatic rings. The van der Waals surface area contributed by atoms with Gasteiger partial charge in [-0.2, -0.15) is 0 Å². The Hall–Kier alpha value is -1.79. The SMILES string of the molecule is COc1cc(CNCCOCCO)cc(Cl)c1OCc1ccc(C)cc1. The third kappa shape index (κ3) is 6.50. The summed E-state index contributed by atoms with van der Waals surface area (Å²) < 4.78 is 16.5. The van der Waals surface area contributed by atoms with Crippen molar-refractivity contribution < 1.29 is 19.3 Å². The van der Waals surface area contributed by atoms with Crippen molar-refractivity contribution in [2.24, 2.45) is 0 Å². The zero-order chi connectivity index (χ0) is 18.8. The van der Waals surface area contributed by atoms with Crippen molar-refractivity contribution >= 4 is 11.6 Å². The molecule has 0 heterocycles. The lowest BCUT2D eigenvalue weighted by Gasteiger charge is -2.15. The molecule has 0 atom stereocenters. The Labute approximate surface area is 159 Å². The van der Waals surface area contributed by atoms with Gasteiger partial charge in [0, 0.05) is 13.1 Å². The number of rotatable bonds is 11. The molecule has 0 aliphatic rings. The van der Waals surface area contributed by atoms with Crippen LogP contribution in [0.15, 0.2) is 36.4 Å². The number of aryl methyl sites for hydroxylation is 1. The smallest absolute Gasteiger partial charge is 0.180 e. The van der Waals surface area contributed by atoms with Crippen molar-refractivity contribution in [1.29, 1.82) is 0 Å². The van der Waals surface area contributed by atoms with E-state index in [9.17, 15) is 0 Å². The molecule has 0 aliphatic heterocycles. The molecule has 26 heavy (non-hydrogen) atoms. The summed E-state index contributed by atoms with van der Waals surface area (Å²) in [6, 6.07) is 12.0. The highest BCUT2D eigenvalue weighted by atomic mass is 35.5. The van der Waals surface area contributed by atoms with Gasteiger partial charge in [0.25, 0.3) is 0 Å². The molecule has 0 fully saturated rings. The van der Waals surface area contributed by atoms with Crippen LogP contribution in [0.1, 0.15) is 16.7 Å². The Bertz CT molecular complexity index is 676. The van der Waals surface area contributed by atoms with E-state index < -0.39 is 0 Å². The van der Waals surface area contributed by atoms with Crippen LogP contribution >= 0.6 is 11.6 Å². The Morgan fingerprint density at radius 2 is 1.85 bits per heavy atom. The molecule has 2 rings (SSSR count). The molecule has 0 saturated heterocycles. The number of benzene rings is 2.